The third kappa shape index (κ3) is 5.28. The van der Waals surface area contributed by atoms with Crippen molar-refractivity contribution in [3.8, 4) is 11.1 Å². The lowest BCUT2D eigenvalue weighted by atomic mass is 9.97. The molecule has 30 heavy (non-hydrogen) atoms. The average Bonchev–Trinajstić information content (AvgIpc) is 3.14. The summed E-state index contributed by atoms with van der Waals surface area (Å²) < 4.78 is 5.03. The Hall–Kier alpha value is -2.22. The van der Waals surface area contributed by atoms with E-state index in [-0.39, 0.29) is 5.91 Å². The number of hydrogen-bond acceptors (Lipinski definition) is 6. The third-order valence-corrected chi connectivity index (χ3v) is 6.38. The van der Waals surface area contributed by atoms with Gasteiger partial charge in [-0.05, 0) is 37.9 Å². The first-order valence-electron chi connectivity index (χ1n) is 10.4. The number of carbonyl (C=O) groups excluding carboxylic acids is 2. The Morgan fingerprint density at radius 1 is 1.10 bits per heavy atom. The van der Waals surface area contributed by atoms with Crippen molar-refractivity contribution in [1.29, 1.82) is 0 Å². The minimum Gasteiger partial charge on any atom is -0.465 e. The van der Waals surface area contributed by atoms with Gasteiger partial charge in [-0.15, -0.1) is 11.3 Å². The second kappa shape index (κ2) is 10.2. The van der Waals surface area contributed by atoms with Gasteiger partial charge < -0.3 is 15.0 Å². The van der Waals surface area contributed by atoms with Crippen LogP contribution >= 0.6 is 11.3 Å². The molecule has 1 aromatic carbocycles. The highest BCUT2D eigenvalue weighted by Gasteiger charge is 2.24. The largest absolute Gasteiger partial charge is 0.465 e. The molecule has 1 aliphatic heterocycles. The summed E-state index contributed by atoms with van der Waals surface area (Å²) in [6, 6.07) is 6.15. The van der Waals surface area contributed by atoms with Crippen LogP contribution < -0.4 is 5.32 Å². The minimum atomic E-state index is -0.435. The molecule has 0 unspecified atom stereocenters. The summed E-state index contributed by atoms with van der Waals surface area (Å²) in [6.45, 7) is 11.4. The van der Waals surface area contributed by atoms with Crippen LogP contribution in [0.1, 0.15) is 34.8 Å². The number of thiophene rings is 1. The smallest absolute Gasteiger partial charge is 0.341 e. The van der Waals surface area contributed by atoms with E-state index in [4.69, 9.17) is 4.74 Å². The number of anilines is 1. The van der Waals surface area contributed by atoms with Crippen LogP contribution in [0, 0.1) is 13.8 Å². The molecule has 1 saturated heterocycles. The van der Waals surface area contributed by atoms with Gasteiger partial charge in [0.05, 0.1) is 13.7 Å². The molecule has 6 nitrogen and oxygen atoms in total. The minimum absolute atomic E-state index is 0.0986. The van der Waals surface area contributed by atoms with E-state index in [0.717, 1.165) is 61.4 Å². The summed E-state index contributed by atoms with van der Waals surface area (Å²) in [4.78, 5) is 29.9. The van der Waals surface area contributed by atoms with Crippen LogP contribution in [0.25, 0.3) is 11.1 Å². The van der Waals surface area contributed by atoms with E-state index in [9.17, 15) is 9.59 Å². The van der Waals surface area contributed by atoms with Gasteiger partial charge in [0.25, 0.3) is 0 Å². The van der Waals surface area contributed by atoms with Crippen LogP contribution in [-0.4, -0.2) is 68.1 Å². The second-order valence-corrected chi connectivity index (χ2v) is 8.71. The quantitative estimate of drug-likeness (QED) is 0.679. The maximum atomic E-state index is 12.7. The number of nitrogens with one attached hydrogen (secondary N) is 1. The number of esters is 1. The van der Waals surface area contributed by atoms with Gasteiger partial charge in [-0.25, -0.2) is 4.79 Å². The fourth-order valence-electron chi connectivity index (χ4n) is 3.84. The zero-order valence-corrected chi connectivity index (χ0v) is 19.1. The summed E-state index contributed by atoms with van der Waals surface area (Å²) in [5.41, 5.74) is 4.41. The van der Waals surface area contributed by atoms with Gasteiger partial charge in [0.15, 0.2) is 0 Å². The molecular weight excluding hydrogens is 398 g/mol. The number of nitrogens with zero attached hydrogens (tertiary/aromatic N) is 2. The molecule has 0 spiro atoms. The highest BCUT2D eigenvalue weighted by atomic mass is 32.1. The normalized spacial score (nSPS) is 15.2. The molecule has 3 rings (SSSR count). The highest BCUT2D eigenvalue weighted by molar-refractivity contribution is 7.15. The Balaban J connectivity index is 1.75. The molecule has 1 amide bonds. The first kappa shape index (κ1) is 22.5. The van der Waals surface area contributed by atoms with E-state index >= 15 is 0 Å². The van der Waals surface area contributed by atoms with Crippen molar-refractivity contribution in [1.82, 2.24) is 9.80 Å². The van der Waals surface area contributed by atoms with Crippen LogP contribution in [0.3, 0.4) is 0 Å². The zero-order chi connectivity index (χ0) is 21.7. The molecule has 2 heterocycles. The maximum absolute atomic E-state index is 12.7. The molecule has 0 atom stereocenters. The summed E-state index contributed by atoms with van der Waals surface area (Å²) in [5.74, 6) is -0.533. The van der Waals surface area contributed by atoms with Gasteiger partial charge in [0.1, 0.15) is 10.6 Å². The molecule has 1 aliphatic rings. The fraction of sp³-hybridized carbons (Fsp3) is 0.478. The number of carbonyl (C=O) groups is 2. The van der Waals surface area contributed by atoms with Crippen LogP contribution in [-0.2, 0) is 9.53 Å². The standard InChI is InChI=1S/C23H31N3O3S/c1-5-8-25-9-11-26(12-10-25)14-20(27)24-22-21(23(28)29-4)19(15-30-22)18-13-16(2)6-7-17(18)3/h6-7,13,15H,5,8-12,14H2,1-4H3,(H,24,27). The Kier molecular flexibility index (Phi) is 7.64. The first-order valence-corrected chi connectivity index (χ1v) is 11.3. The molecule has 1 aromatic heterocycles. The van der Waals surface area contributed by atoms with E-state index < -0.39 is 5.97 Å². The molecular formula is C23H31N3O3S. The second-order valence-electron chi connectivity index (χ2n) is 7.83. The Labute approximate surface area is 182 Å². The van der Waals surface area contributed by atoms with Crippen LogP contribution in [0.15, 0.2) is 23.6 Å². The summed E-state index contributed by atoms with van der Waals surface area (Å²) in [5, 5.41) is 5.43. The summed E-state index contributed by atoms with van der Waals surface area (Å²) >= 11 is 1.37. The number of benzene rings is 1. The number of ether oxygens (including phenoxy) is 1. The van der Waals surface area contributed by atoms with Gasteiger partial charge in [0.2, 0.25) is 5.91 Å². The van der Waals surface area contributed by atoms with Gasteiger partial charge in [0, 0.05) is 37.1 Å². The van der Waals surface area contributed by atoms with Gasteiger partial charge in [-0.3, -0.25) is 9.69 Å². The van der Waals surface area contributed by atoms with Crippen LogP contribution in [0.2, 0.25) is 0 Å². The summed E-state index contributed by atoms with van der Waals surface area (Å²) in [6.07, 6.45) is 1.15. The number of rotatable bonds is 7. The Morgan fingerprint density at radius 3 is 2.47 bits per heavy atom. The van der Waals surface area contributed by atoms with Gasteiger partial charge in [-0.1, -0.05) is 30.7 Å². The van der Waals surface area contributed by atoms with E-state index in [0.29, 0.717) is 17.1 Å². The Bertz CT molecular complexity index is 901. The van der Waals surface area contributed by atoms with Gasteiger partial charge in [-0.2, -0.15) is 0 Å². The van der Waals surface area contributed by atoms with Crippen molar-refractivity contribution < 1.29 is 14.3 Å². The fourth-order valence-corrected chi connectivity index (χ4v) is 4.80. The highest BCUT2D eigenvalue weighted by Crippen LogP contribution is 2.38. The number of hydrogen-bond donors (Lipinski definition) is 1. The number of methoxy groups -OCH3 is 1. The topological polar surface area (TPSA) is 61.9 Å². The first-order chi connectivity index (χ1) is 14.4. The molecule has 1 N–H and O–H groups in total. The van der Waals surface area contributed by atoms with Crippen LogP contribution in [0.5, 0.6) is 0 Å². The monoisotopic (exact) mass is 429 g/mol. The lowest BCUT2D eigenvalue weighted by Crippen LogP contribution is -2.48. The Morgan fingerprint density at radius 2 is 1.80 bits per heavy atom. The lowest BCUT2D eigenvalue weighted by molar-refractivity contribution is -0.117. The summed E-state index contributed by atoms with van der Waals surface area (Å²) in [7, 11) is 1.37. The third-order valence-electron chi connectivity index (χ3n) is 5.49. The lowest BCUT2D eigenvalue weighted by Gasteiger charge is -2.34. The van der Waals surface area contributed by atoms with Crippen molar-refractivity contribution >= 4 is 28.2 Å². The number of amides is 1. The van der Waals surface area contributed by atoms with Crippen LogP contribution in [0.4, 0.5) is 5.00 Å². The van der Waals surface area contributed by atoms with E-state index in [1.165, 1.54) is 18.4 Å². The molecule has 2 aromatic rings. The van der Waals surface area contributed by atoms with Crippen molar-refractivity contribution in [2.45, 2.75) is 27.2 Å². The molecule has 0 radical (unpaired) electrons. The van der Waals surface area contributed by atoms with Crippen molar-refractivity contribution in [3.05, 3.63) is 40.3 Å². The van der Waals surface area contributed by atoms with Gasteiger partial charge >= 0.3 is 5.97 Å². The molecule has 7 heteroatoms. The number of aryl methyl sites for hydroxylation is 2. The predicted molar refractivity (Wildman–Crippen MR) is 122 cm³/mol. The predicted octanol–water partition coefficient (Wildman–Crippen LogP) is 3.78. The van der Waals surface area contributed by atoms with Crippen molar-refractivity contribution in [2.75, 3.05) is 51.7 Å². The molecule has 0 aliphatic carbocycles. The zero-order valence-electron chi connectivity index (χ0n) is 18.3. The average molecular weight is 430 g/mol. The van der Waals surface area contributed by atoms with E-state index in [2.05, 4.69) is 28.1 Å². The molecule has 1 fully saturated rings. The molecule has 0 bridgehead atoms. The molecule has 0 saturated carbocycles. The molecule has 162 valence electrons. The SMILES string of the molecule is CCCN1CCN(CC(=O)Nc2scc(-c3cc(C)ccc3C)c2C(=O)OC)CC1. The van der Waals surface area contributed by atoms with E-state index in [1.807, 2.05) is 31.4 Å². The van der Waals surface area contributed by atoms with Crippen molar-refractivity contribution in [3.63, 3.8) is 0 Å². The number of piperazine rings is 1. The van der Waals surface area contributed by atoms with Crippen molar-refractivity contribution in [2.24, 2.45) is 0 Å². The van der Waals surface area contributed by atoms with E-state index in [1.54, 1.807) is 0 Å². The maximum Gasteiger partial charge on any atom is 0.341 e.